The van der Waals surface area contributed by atoms with Gasteiger partial charge in [0.1, 0.15) is 23.6 Å². The molecule has 3 N–H and O–H groups in total. The summed E-state index contributed by atoms with van der Waals surface area (Å²) in [5, 5.41) is 11.2. The van der Waals surface area contributed by atoms with Crippen LogP contribution in [-0.2, 0) is 27.4 Å². The van der Waals surface area contributed by atoms with E-state index in [1.807, 2.05) is 60.7 Å². The SMILES string of the molecule is C[C@]1(COCc2ccccc2)O[C@@H](n2cc(Cl)c(N)nc2=O)[C@H](O)[C@@H]1OCc1ccccc1. The Morgan fingerprint density at radius 1 is 1.12 bits per heavy atom. The fourth-order valence-corrected chi connectivity index (χ4v) is 4.03. The van der Waals surface area contributed by atoms with Crippen LogP contribution in [0.3, 0.4) is 0 Å². The molecule has 8 nitrogen and oxygen atoms in total. The fraction of sp³-hybridized carbons (Fsp3) is 0.333. The summed E-state index contributed by atoms with van der Waals surface area (Å²) in [6.45, 7) is 2.53. The van der Waals surface area contributed by atoms with Crippen molar-refractivity contribution in [3.8, 4) is 0 Å². The average molecular weight is 472 g/mol. The molecule has 0 spiro atoms. The van der Waals surface area contributed by atoms with E-state index in [-0.39, 0.29) is 24.1 Å². The summed E-state index contributed by atoms with van der Waals surface area (Å²) in [5.74, 6) is -0.0868. The summed E-state index contributed by atoms with van der Waals surface area (Å²) in [4.78, 5) is 16.2. The van der Waals surface area contributed by atoms with Crippen molar-refractivity contribution in [2.75, 3.05) is 12.3 Å². The number of aliphatic hydroxyl groups is 1. The van der Waals surface area contributed by atoms with Gasteiger partial charge in [0.2, 0.25) is 0 Å². The van der Waals surface area contributed by atoms with Crippen molar-refractivity contribution < 1.29 is 19.3 Å². The second-order valence-corrected chi connectivity index (χ2v) is 8.58. The monoisotopic (exact) mass is 471 g/mol. The molecule has 3 aromatic rings. The Balaban J connectivity index is 1.56. The number of anilines is 1. The average Bonchev–Trinajstić information content (AvgIpc) is 3.06. The number of hydrogen-bond acceptors (Lipinski definition) is 7. The maximum atomic E-state index is 12.5. The summed E-state index contributed by atoms with van der Waals surface area (Å²) in [5.41, 5.74) is 5.84. The van der Waals surface area contributed by atoms with Crippen molar-refractivity contribution in [2.45, 2.75) is 44.2 Å². The second-order valence-electron chi connectivity index (χ2n) is 8.17. The third-order valence-corrected chi connectivity index (χ3v) is 5.87. The summed E-state index contributed by atoms with van der Waals surface area (Å²) < 4.78 is 19.4. The zero-order chi connectivity index (χ0) is 23.4. The molecule has 4 rings (SSSR count). The van der Waals surface area contributed by atoms with Gasteiger partial charge in [-0.25, -0.2) is 4.79 Å². The molecule has 2 heterocycles. The van der Waals surface area contributed by atoms with Crippen LogP contribution in [0, 0.1) is 0 Å². The molecule has 0 unspecified atom stereocenters. The molecule has 0 bridgehead atoms. The molecule has 1 aliphatic rings. The van der Waals surface area contributed by atoms with Crippen LogP contribution in [0.25, 0.3) is 0 Å². The lowest BCUT2D eigenvalue weighted by Gasteiger charge is -2.30. The molecule has 2 aromatic carbocycles. The molecule has 1 fully saturated rings. The maximum Gasteiger partial charge on any atom is 0.351 e. The molecular formula is C24H26ClN3O5. The van der Waals surface area contributed by atoms with Crippen LogP contribution in [0.4, 0.5) is 5.82 Å². The maximum absolute atomic E-state index is 12.5. The lowest BCUT2D eigenvalue weighted by Crippen LogP contribution is -2.46. The smallest absolute Gasteiger partial charge is 0.351 e. The molecule has 4 atom stereocenters. The highest BCUT2D eigenvalue weighted by Crippen LogP contribution is 2.39. The molecule has 1 aliphatic heterocycles. The lowest BCUT2D eigenvalue weighted by atomic mass is 9.98. The van der Waals surface area contributed by atoms with Crippen LogP contribution < -0.4 is 11.4 Å². The number of nitrogens with zero attached hydrogens (tertiary/aromatic N) is 2. The second kappa shape index (κ2) is 10.0. The third kappa shape index (κ3) is 5.26. The standard InChI is InChI=1S/C24H26ClN3O5/c1-24(15-31-13-16-8-4-2-5-9-16)20(32-14-17-10-6-3-7-11-17)19(29)22(33-24)28-12-18(25)21(26)27-23(28)30/h2-12,19-20,22,29H,13-15H2,1H3,(H2,26,27,30)/t19-,20+,22-,24-/m1/s1. The molecule has 0 saturated carbocycles. The van der Waals surface area contributed by atoms with Crippen molar-refractivity contribution in [1.29, 1.82) is 0 Å². The number of nitrogen functional groups attached to an aromatic ring is 1. The summed E-state index contributed by atoms with van der Waals surface area (Å²) in [6.07, 6.45) is -1.74. The Morgan fingerprint density at radius 2 is 1.73 bits per heavy atom. The van der Waals surface area contributed by atoms with Gasteiger partial charge in [-0.05, 0) is 18.1 Å². The highest BCUT2D eigenvalue weighted by molar-refractivity contribution is 6.32. The topological polar surface area (TPSA) is 109 Å². The number of benzene rings is 2. The van der Waals surface area contributed by atoms with Crippen LogP contribution in [0.1, 0.15) is 24.3 Å². The number of aromatic nitrogens is 2. The van der Waals surface area contributed by atoms with Crippen molar-refractivity contribution in [3.63, 3.8) is 0 Å². The molecule has 0 radical (unpaired) electrons. The van der Waals surface area contributed by atoms with Crippen LogP contribution in [-0.4, -0.2) is 39.1 Å². The molecule has 0 amide bonds. The zero-order valence-electron chi connectivity index (χ0n) is 18.1. The van der Waals surface area contributed by atoms with Gasteiger partial charge in [0, 0.05) is 6.20 Å². The van der Waals surface area contributed by atoms with E-state index in [0.29, 0.717) is 6.61 Å². The predicted octanol–water partition coefficient (Wildman–Crippen LogP) is 2.93. The van der Waals surface area contributed by atoms with E-state index in [2.05, 4.69) is 4.98 Å². The molecule has 33 heavy (non-hydrogen) atoms. The van der Waals surface area contributed by atoms with E-state index < -0.39 is 29.7 Å². The number of rotatable bonds is 8. The van der Waals surface area contributed by atoms with Gasteiger partial charge in [-0.15, -0.1) is 0 Å². The molecule has 1 aromatic heterocycles. The first-order chi connectivity index (χ1) is 15.9. The highest BCUT2D eigenvalue weighted by Gasteiger charge is 2.54. The first-order valence-corrected chi connectivity index (χ1v) is 10.9. The van der Waals surface area contributed by atoms with Gasteiger partial charge in [-0.2, -0.15) is 4.98 Å². The lowest BCUT2D eigenvalue weighted by molar-refractivity contribution is -0.147. The van der Waals surface area contributed by atoms with Crippen LogP contribution in [0.5, 0.6) is 0 Å². The molecule has 1 saturated heterocycles. The van der Waals surface area contributed by atoms with Crippen molar-refractivity contribution in [1.82, 2.24) is 9.55 Å². The van der Waals surface area contributed by atoms with E-state index in [0.717, 1.165) is 15.7 Å². The van der Waals surface area contributed by atoms with Crippen LogP contribution in [0.15, 0.2) is 71.7 Å². The van der Waals surface area contributed by atoms with Gasteiger partial charge in [0.25, 0.3) is 0 Å². The van der Waals surface area contributed by atoms with Gasteiger partial charge >= 0.3 is 5.69 Å². The van der Waals surface area contributed by atoms with Crippen molar-refractivity contribution in [3.05, 3.63) is 93.5 Å². The van der Waals surface area contributed by atoms with E-state index in [1.165, 1.54) is 6.20 Å². The minimum atomic E-state index is -1.18. The third-order valence-electron chi connectivity index (χ3n) is 5.58. The normalized spacial score (nSPS) is 24.8. The highest BCUT2D eigenvalue weighted by atomic mass is 35.5. The number of aliphatic hydroxyl groups excluding tert-OH is 1. The number of ether oxygens (including phenoxy) is 3. The van der Waals surface area contributed by atoms with Gasteiger partial charge < -0.3 is 25.1 Å². The number of hydrogen-bond donors (Lipinski definition) is 2. The Morgan fingerprint density at radius 3 is 2.36 bits per heavy atom. The minimum absolute atomic E-state index is 0.0843. The van der Waals surface area contributed by atoms with E-state index >= 15 is 0 Å². The summed E-state index contributed by atoms with van der Waals surface area (Å²) in [6, 6.07) is 19.3. The Bertz CT molecular complexity index is 1130. The van der Waals surface area contributed by atoms with E-state index in [1.54, 1.807) is 6.92 Å². The Labute approximate surface area is 196 Å². The van der Waals surface area contributed by atoms with Gasteiger partial charge in [-0.1, -0.05) is 72.3 Å². The minimum Gasteiger partial charge on any atom is -0.386 e. The summed E-state index contributed by atoms with van der Waals surface area (Å²) >= 11 is 6.07. The zero-order valence-corrected chi connectivity index (χ0v) is 18.9. The molecular weight excluding hydrogens is 446 g/mol. The molecule has 174 valence electrons. The largest absolute Gasteiger partial charge is 0.386 e. The van der Waals surface area contributed by atoms with Gasteiger partial charge in [0.15, 0.2) is 6.23 Å². The van der Waals surface area contributed by atoms with Crippen molar-refractivity contribution in [2.24, 2.45) is 0 Å². The van der Waals surface area contributed by atoms with Crippen LogP contribution in [0.2, 0.25) is 5.02 Å². The Kier molecular flexibility index (Phi) is 7.11. The van der Waals surface area contributed by atoms with Gasteiger partial charge in [-0.3, -0.25) is 4.57 Å². The van der Waals surface area contributed by atoms with Gasteiger partial charge in [0.05, 0.1) is 24.8 Å². The fourth-order valence-electron chi connectivity index (χ4n) is 3.88. The van der Waals surface area contributed by atoms with E-state index in [4.69, 9.17) is 31.5 Å². The van der Waals surface area contributed by atoms with Crippen LogP contribution >= 0.6 is 11.6 Å². The first kappa shape index (κ1) is 23.4. The van der Waals surface area contributed by atoms with Crippen molar-refractivity contribution >= 4 is 17.4 Å². The number of nitrogens with two attached hydrogens (primary N) is 1. The summed E-state index contributed by atoms with van der Waals surface area (Å²) in [7, 11) is 0. The number of halogens is 1. The molecule has 0 aliphatic carbocycles. The quantitative estimate of drug-likeness (QED) is 0.519. The predicted molar refractivity (Wildman–Crippen MR) is 124 cm³/mol. The first-order valence-electron chi connectivity index (χ1n) is 10.5. The molecule has 9 heteroatoms. The Hall–Kier alpha value is -2.75. The van der Waals surface area contributed by atoms with E-state index in [9.17, 15) is 9.90 Å².